The molecule has 0 spiro atoms. The number of amides is 1. The average Bonchev–Trinajstić information content (AvgIpc) is 2.21. The predicted octanol–water partition coefficient (Wildman–Crippen LogP) is 0.713. The zero-order valence-corrected chi connectivity index (χ0v) is 10.3. The van der Waals surface area contributed by atoms with Crippen molar-refractivity contribution in [1.29, 1.82) is 0 Å². The molecule has 1 amide bonds. The Bertz CT molecular complexity index is 300. The number of rotatable bonds is 7. The van der Waals surface area contributed by atoms with Crippen molar-refractivity contribution in [3.05, 3.63) is 0 Å². The van der Waals surface area contributed by atoms with Crippen LogP contribution in [0.4, 0.5) is 0 Å². The second-order valence-electron chi connectivity index (χ2n) is 4.36. The highest BCUT2D eigenvalue weighted by Crippen LogP contribution is 2.10. The third-order valence-corrected chi connectivity index (χ3v) is 2.68. The summed E-state index contributed by atoms with van der Waals surface area (Å²) in [6.07, 6.45) is -0.394. The molecule has 0 aliphatic rings. The third-order valence-electron chi connectivity index (χ3n) is 2.68. The summed E-state index contributed by atoms with van der Waals surface area (Å²) in [7, 11) is 0. The topological polar surface area (TPSA) is 104 Å². The van der Waals surface area contributed by atoms with E-state index in [0.717, 1.165) is 0 Å². The molecule has 2 atom stereocenters. The van der Waals surface area contributed by atoms with E-state index in [4.69, 9.17) is 10.2 Å². The SMILES string of the molecule is CC(C)C(C)C(=O)NC(CCC(=O)O)C(=O)O. The summed E-state index contributed by atoms with van der Waals surface area (Å²) in [6.45, 7) is 5.42. The van der Waals surface area contributed by atoms with Gasteiger partial charge in [0.15, 0.2) is 0 Å². The normalized spacial score (nSPS) is 14.1. The summed E-state index contributed by atoms with van der Waals surface area (Å²) in [5, 5.41) is 19.7. The molecule has 17 heavy (non-hydrogen) atoms. The van der Waals surface area contributed by atoms with E-state index in [1.807, 2.05) is 13.8 Å². The van der Waals surface area contributed by atoms with Crippen LogP contribution in [0.1, 0.15) is 33.6 Å². The molecule has 0 aromatic rings. The van der Waals surface area contributed by atoms with Crippen molar-refractivity contribution in [1.82, 2.24) is 5.32 Å². The molecule has 0 saturated heterocycles. The molecule has 0 radical (unpaired) electrons. The molecule has 0 rings (SSSR count). The Balaban J connectivity index is 4.39. The van der Waals surface area contributed by atoms with Gasteiger partial charge in [0, 0.05) is 12.3 Å². The van der Waals surface area contributed by atoms with Crippen LogP contribution in [-0.2, 0) is 14.4 Å². The maximum absolute atomic E-state index is 11.6. The van der Waals surface area contributed by atoms with E-state index in [0.29, 0.717) is 0 Å². The second kappa shape index (κ2) is 6.88. The van der Waals surface area contributed by atoms with Crippen LogP contribution in [0, 0.1) is 11.8 Å². The van der Waals surface area contributed by atoms with Gasteiger partial charge in [0.05, 0.1) is 0 Å². The number of aliphatic carboxylic acids is 2. The molecule has 0 aromatic carbocycles. The van der Waals surface area contributed by atoms with E-state index in [9.17, 15) is 14.4 Å². The number of nitrogens with one attached hydrogen (secondary N) is 1. The number of hydrogen-bond acceptors (Lipinski definition) is 3. The van der Waals surface area contributed by atoms with E-state index < -0.39 is 18.0 Å². The largest absolute Gasteiger partial charge is 0.481 e. The molecule has 0 aliphatic carbocycles. The van der Waals surface area contributed by atoms with Crippen LogP contribution in [0.5, 0.6) is 0 Å². The number of carbonyl (C=O) groups excluding carboxylic acids is 1. The molecular formula is C11H19NO5. The quantitative estimate of drug-likeness (QED) is 0.613. The van der Waals surface area contributed by atoms with E-state index in [-0.39, 0.29) is 30.6 Å². The van der Waals surface area contributed by atoms with Crippen molar-refractivity contribution in [2.24, 2.45) is 11.8 Å². The molecule has 0 aromatic heterocycles. The van der Waals surface area contributed by atoms with Gasteiger partial charge in [-0.1, -0.05) is 20.8 Å². The molecule has 0 saturated carbocycles. The summed E-state index contributed by atoms with van der Waals surface area (Å²) < 4.78 is 0. The molecule has 0 aliphatic heterocycles. The Morgan fingerprint density at radius 2 is 1.65 bits per heavy atom. The Kier molecular flexibility index (Phi) is 6.23. The summed E-state index contributed by atoms with van der Waals surface area (Å²) in [5.74, 6) is -2.86. The third kappa shape index (κ3) is 5.89. The van der Waals surface area contributed by atoms with Crippen molar-refractivity contribution in [3.63, 3.8) is 0 Å². The summed E-state index contributed by atoms with van der Waals surface area (Å²) in [4.78, 5) is 32.8. The molecule has 2 unspecified atom stereocenters. The highest BCUT2D eigenvalue weighted by Gasteiger charge is 2.24. The molecule has 0 bridgehead atoms. The van der Waals surface area contributed by atoms with Gasteiger partial charge in [-0.2, -0.15) is 0 Å². The van der Waals surface area contributed by atoms with Crippen LogP contribution < -0.4 is 5.32 Å². The Labute approximate surface area is 100 Å². The Morgan fingerprint density at radius 3 is 2.00 bits per heavy atom. The van der Waals surface area contributed by atoms with E-state index in [1.54, 1.807) is 6.92 Å². The molecule has 98 valence electrons. The lowest BCUT2D eigenvalue weighted by Crippen LogP contribution is -2.44. The Hall–Kier alpha value is -1.59. The number of carbonyl (C=O) groups is 3. The van der Waals surface area contributed by atoms with Crippen molar-refractivity contribution < 1.29 is 24.6 Å². The van der Waals surface area contributed by atoms with Crippen molar-refractivity contribution in [3.8, 4) is 0 Å². The summed E-state index contributed by atoms with van der Waals surface area (Å²) in [6, 6.07) is -1.14. The predicted molar refractivity (Wildman–Crippen MR) is 60.4 cm³/mol. The minimum absolute atomic E-state index is 0.101. The van der Waals surface area contributed by atoms with Crippen LogP contribution >= 0.6 is 0 Å². The van der Waals surface area contributed by atoms with Crippen LogP contribution in [0.25, 0.3) is 0 Å². The fourth-order valence-corrected chi connectivity index (χ4v) is 1.13. The van der Waals surface area contributed by atoms with Gasteiger partial charge in [-0.05, 0) is 12.3 Å². The highest BCUT2D eigenvalue weighted by atomic mass is 16.4. The lowest BCUT2D eigenvalue weighted by Gasteiger charge is -2.19. The van der Waals surface area contributed by atoms with Gasteiger partial charge in [0.25, 0.3) is 0 Å². The second-order valence-corrected chi connectivity index (χ2v) is 4.36. The lowest BCUT2D eigenvalue weighted by molar-refractivity contribution is -0.143. The molecule has 0 fully saturated rings. The first-order chi connectivity index (χ1) is 7.75. The Morgan fingerprint density at radius 1 is 1.12 bits per heavy atom. The lowest BCUT2D eigenvalue weighted by atomic mass is 9.96. The first-order valence-corrected chi connectivity index (χ1v) is 5.50. The molecule has 3 N–H and O–H groups in total. The van der Waals surface area contributed by atoms with Gasteiger partial charge in [0.2, 0.25) is 5.91 Å². The van der Waals surface area contributed by atoms with Crippen LogP contribution in [0.2, 0.25) is 0 Å². The van der Waals surface area contributed by atoms with Gasteiger partial charge in [0.1, 0.15) is 6.04 Å². The fraction of sp³-hybridized carbons (Fsp3) is 0.727. The van der Waals surface area contributed by atoms with Crippen LogP contribution in [0.15, 0.2) is 0 Å². The first kappa shape index (κ1) is 15.4. The number of carboxylic acids is 2. The molecular weight excluding hydrogens is 226 g/mol. The zero-order chi connectivity index (χ0) is 13.6. The minimum atomic E-state index is -1.21. The maximum Gasteiger partial charge on any atom is 0.326 e. The maximum atomic E-state index is 11.6. The number of hydrogen-bond donors (Lipinski definition) is 3. The van der Waals surface area contributed by atoms with E-state index in [1.165, 1.54) is 0 Å². The number of carboxylic acid groups (broad SMARTS) is 2. The van der Waals surface area contributed by atoms with Gasteiger partial charge in [-0.15, -0.1) is 0 Å². The molecule has 0 heterocycles. The van der Waals surface area contributed by atoms with Gasteiger partial charge >= 0.3 is 11.9 Å². The highest BCUT2D eigenvalue weighted by molar-refractivity contribution is 5.85. The molecule has 6 heteroatoms. The monoisotopic (exact) mass is 245 g/mol. The minimum Gasteiger partial charge on any atom is -0.481 e. The summed E-state index contributed by atoms with van der Waals surface area (Å²) in [5.41, 5.74) is 0. The standard InChI is InChI=1S/C11H19NO5/c1-6(2)7(3)10(15)12-8(11(16)17)4-5-9(13)14/h6-8H,4-5H2,1-3H3,(H,12,15)(H,13,14)(H,16,17). The van der Waals surface area contributed by atoms with Crippen molar-refractivity contribution in [2.75, 3.05) is 0 Å². The smallest absolute Gasteiger partial charge is 0.326 e. The average molecular weight is 245 g/mol. The fourth-order valence-electron chi connectivity index (χ4n) is 1.13. The van der Waals surface area contributed by atoms with Crippen molar-refractivity contribution in [2.45, 2.75) is 39.7 Å². The van der Waals surface area contributed by atoms with E-state index in [2.05, 4.69) is 5.32 Å². The van der Waals surface area contributed by atoms with Gasteiger partial charge in [-0.25, -0.2) is 4.79 Å². The van der Waals surface area contributed by atoms with Crippen LogP contribution in [0.3, 0.4) is 0 Å². The summed E-state index contributed by atoms with van der Waals surface area (Å²) >= 11 is 0. The zero-order valence-electron chi connectivity index (χ0n) is 10.3. The first-order valence-electron chi connectivity index (χ1n) is 5.50. The van der Waals surface area contributed by atoms with Gasteiger partial charge < -0.3 is 15.5 Å². The van der Waals surface area contributed by atoms with Gasteiger partial charge in [-0.3, -0.25) is 9.59 Å². The van der Waals surface area contributed by atoms with Crippen LogP contribution in [-0.4, -0.2) is 34.1 Å². The van der Waals surface area contributed by atoms with Crippen molar-refractivity contribution >= 4 is 17.8 Å². The van der Waals surface area contributed by atoms with E-state index >= 15 is 0 Å². The molecule has 6 nitrogen and oxygen atoms in total.